The minimum Gasteiger partial charge on any atom is -0.369 e. The molecule has 1 aliphatic heterocycles. The molecule has 1 heterocycles. The average molecular weight is 322 g/mol. The van der Waals surface area contributed by atoms with Gasteiger partial charge in [-0.2, -0.15) is 5.26 Å². The van der Waals surface area contributed by atoms with Gasteiger partial charge in [-0.25, -0.2) is 0 Å². The van der Waals surface area contributed by atoms with E-state index in [1.54, 1.807) is 0 Å². The second kappa shape index (κ2) is 6.40. The van der Waals surface area contributed by atoms with Crippen LogP contribution in [0, 0.1) is 11.3 Å². The Kier molecular flexibility index (Phi) is 4.84. The summed E-state index contributed by atoms with van der Waals surface area (Å²) in [5.41, 5.74) is 1.81. The minimum atomic E-state index is 0.612. The number of halogens is 1. The molecular formula is C15H20BrN3. The fraction of sp³-hybridized carbons (Fsp3) is 0.533. The maximum absolute atomic E-state index is 9.31. The molecular weight excluding hydrogens is 302 g/mol. The van der Waals surface area contributed by atoms with Crippen molar-refractivity contribution in [2.24, 2.45) is 0 Å². The van der Waals surface area contributed by atoms with Crippen molar-refractivity contribution in [1.82, 2.24) is 4.90 Å². The Morgan fingerprint density at radius 3 is 2.79 bits per heavy atom. The molecule has 1 saturated heterocycles. The van der Waals surface area contributed by atoms with E-state index in [2.05, 4.69) is 45.6 Å². The van der Waals surface area contributed by atoms with Crippen molar-refractivity contribution in [3.8, 4) is 6.07 Å². The predicted octanol–water partition coefficient (Wildman–Crippen LogP) is 3.24. The van der Waals surface area contributed by atoms with Crippen molar-refractivity contribution < 1.29 is 0 Å². The SMILES string of the molecule is CCN(CC)C1CCN(c2cccc(Br)c2C#N)C1. The molecule has 1 aliphatic rings. The lowest BCUT2D eigenvalue weighted by molar-refractivity contribution is 0.232. The highest BCUT2D eigenvalue weighted by Crippen LogP contribution is 2.30. The van der Waals surface area contributed by atoms with Gasteiger partial charge in [0.15, 0.2) is 0 Å². The molecule has 4 heteroatoms. The summed E-state index contributed by atoms with van der Waals surface area (Å²) < 4.78 is 0.888. The summed E-state index contributed by atoms with van der Waals surface area (Å²) in [6.07, 6.45) is 1.18. The number of hydrogen-bond acceptors (Lipinski definition) is 3. The molecule has 0 aliphatic carbocycles. The first kappa shape index (κ1) is 14.4. The summed E-state index contributed by atoms with van der Waals surface area (Å²) in [6, 6.07) is 8.91. The van der Waals surface area contributed by atoms with Gasteiger partial charge in [-0.1, -0.05) is 19.9 Å². The molecule has 0 bridgehead atoms. The topological polar surface area (TPSA) is 30.3 Å². The number of benzene rings is 1. The molecule has 1 unspecified atom stereocenters. The van der Waals surface area contributed by atoms with E-state index in [0.29, 0.717) is 6.04 Å². The number of likely N-dealkylation sites (N-methyl/N-ethyl adjacent to an activating group) is 1. The van der Waals surface area contributed by atoms with Gasteiger partial charge in [0, 0.05) is 23.6 Å². The van der Waals surface area contributed by atoms with Gasteiger partial charge in [-0.05, 0) is 47.6 Å². The summed E-state index contributed by atoms with van der Waals surface area (Å²) in [6.45, 7) is 8.67. The zero-order valence-electron chi connectivity index (χ0n) is 11.6. The summed E-state index contributed by atoms with van der Waals surface area (Å²) in [7, 11) is 0. The van der Waals surface area contributed by atoms with E-state index < -0.39 is 0 Å². The summed E-state index contributed by atoms with van der Waals surface area (Å²) in [5, 5.41) is 9.31. The van der Waals surface area contributed by atoms with Gasteiger partial charge in [-0.3, -0.25) is 4.90 Å². The molecule has 0 radical (unpaired) electrons. The van der Waals surface area contributed by atoms with Crippen LogP contribution in [0.25, 0.3) is 0 Å². The summed E-state index contributed by atoms with van der Waals surface area (Å²) in [5.74, 6) is 0. The molecule has 0 amide bonds. The van der Waals surface area contributed by atoms with Crippen molar-refractivity contribution in [3.05, 3.63) is 28.2 Å². The van der Waals surface area contributed by atoms with E-state index >= 15 is 0 Å². The molecule has 2 rings (SSSR count). The van der Waals surface area contributed by atoms with E-state index in [1.165, 1.54) is 6.42 Å². The maximum Gasteiger partial charge on any atom is 0.103 e. The lowest BCUT2D eigenvalue weighted by Gasteiger charge is -2.27. The van der Waals surface area contributed by atoms with Crippen LogP contribution in [-0.4, -0.2) is 37.1 Å². The van der Waals surface area contributed by atoms with Gasteiger partial charge in [0.25, 0.3) is 0 Å². The van der Waals surface area contributed by atoms with Crippen LogP contribution >= 0.6 is 15.9 Å². The monoisotopic (exact) mass is 321 g/mol. The van der Waals surface area contributed by atoms with E-state index in [-0.39, 0.29) is 0 Å². The quantitative estimate of drug-likeness (QED) is 0.852. The number of nitrogens with zero attached hydrogens (tertiary/aromatic N) is 3. The molecule has 1 aromatic rings. The average Bonchev–Trinajstić information content (AvgIpc) is 2.89. The first-order chi connectivity index (χ1) is 9.21. The Labute approximate surface area is 123 Å². The van der Waals surface area contributed by atoms with Crippen LogP contribution in [0.15, 0.2) is 22.7 Å². The smallest absolute Gasteiger partial charge is 0.103 e. The van der Waals surface area contributed by atoms with Crippen LogP contribution < -0.4 is 4.90 Å². The molecule has 0 aromatic heterocycles. The third-order valence-electron chi connectivity index (χ3n) is 3.94. The van der Waals surface area contributed by atoms with Crippen molar-refractivity contribution in [2.45, 2.75) is 26.3 Å². The maximum atomic E-state index is 9.31. The molecule has 102 valence electrons. The zero-order valence-corrected chi connectivity index (χ0v) is 13.2. The number of rotatable bonds is 4. The van der Waals surface area contributed by atoms with E-state index in [1.807, 2.05) is 18.2 Å². The summed E-state index contributed by atoms with van der Waals surface area (Å²) >= 11 is 3.47. The minimum absolute atomic E-state index is 0.612. The van der Waals surface area contributed by atoms with Crippen molar-refractivity contribution in [1.29, 1.82) is 5.26 Å². The van der Waals surface area contributed by atoms with Crippen molar-refractivity contribution in [2.75, 3.05) is 31.1 Å². The van der Waals surface area contributed by atoms with Gasteiger partial charge < -0.3 is 4.90 Å². The van der Waals surface area contributed by atoms with Crippen LogP contribution in [0.1, 0.15) is 25.8 Å². The number of anilines is 1. The normalized spacial score (nSPS) is 18.9. The van der Waals surface area contributed by atoms with E-state index in [0.717, 1.165) is 41.9 Å². The Morgan fingerprint density at radius 2 is 2.16 bits per heavy atom. The molecule has 0 N–H and O–H groups in total. The Bertz CT molecular complexity index is 477. The van der Waals surface area contributed by atoms with E-state index in [4.69, 9.17) is 0 Å². The Balaban J connectivity index is 2.18. The molecule has 0 spiro atoms. The van der Waals surface area contributed by atoms with Crippen LogP contribution in [0.5, 0.6) is 0 Å². The Hall–Kier alpha value is -1.05. The first-order valence-electron chi connectivity index (χ1n) is 6.88. The second-order valence-electron chi connectivity index (χ2n) is 4.86. The van der Waals surface area contributed by atoms with Crippen LogP contribution in [-0.2, 0) is 0 Å². The predicted molar refractivity (Wildman–Crippen MR) is 82.4 cm³/mol. The lowest BCUT2D eigenvalue weighted by atomic mass is 10.2. The van der Waals surface area contributed by atoms with Crippen LogP contribution in [0.4, 0.5) is 5.69 Å². The highest BCUT2D eigenvalue weighted by atomic mass is 79.9. The second-order valence-corrected chi connectivity index (χ2v) is 5.71. The van der Waals surface area contributed by atoms with Crippen molar-refractivity contribution >= 4 is 21.6 Å². The highest BCUT2D eigenvalue weighted by Gasteiger charge is 2.27. The van der Waals surface area contributed by atoms with Gasteiger partial charge >= 0.3 is 0 Å². The molecule has 1 fully saturated rings. The van der Waals surface area contributed by atoms with Crippen molar-refractivity contribution in [3.63, 3.8) is 0 Å². The zero-order chi connectivity index (χ0) is 13.8. The summed E-state index contributed by atoms with van der Waals surface area (Å²) in [4.78, 5) is 4.84. The third kappa shape index (κ3) is 2.93. The fourth-order valence-corrected chi connectivity index (χ4v) is 3.33. The van der Waals surface area contributed by atoms with Crippen LogP contribution in [0.2, 0.25) is 0 Å². The number of nitriles is 1. The van der Waals surface area contributed by atoms with Gasteiger partial charge in [0.05, 0.1) is 11.3 Å². The molecule has 1 atom stereocenters. The molecule has 3 nitrogen and oxygen atoms in total. The van der Waals surface area contributed by atoms with E-state index in [9.17, 15) is 5.26 Å². The first-order valence-corrected chi connectivity index (χ1v) is 7.68. The number of hydrogen-bond donors (Lipinski definition) is 0. The van der Waals surface area contributed by atoms with Gasteiger partial charge in [-0.15, -0.1) is 0 Å². The van der Waals surface area contributed by atoms with Gasteiger partial charge in [0.1, 0.15) is 6.07 Å². The highest BCUT2D eigenvalue weighted by molar-refractivity contribution is 9.10. The third-order valence-corrected chi connectivity index (χ3v) is 4.60. The molecule has 0 saturated carbocycles. The van der Waals surface area contributed by atoms with Crippen LogP contribution in [0.3, 0.4) is 0 Å². The Morgan fingerprint density at radius 1 is 1.42 bits per heavy atom. The molecule has 1 aromatic carbocycles. The standard InChI is InChI=1S/C15H20BrN3/c1-3-18(4-2)12-8-9-19(11-12)15-7-5-6-14(16)13(15)10-17/h5-7,12H,3-4,8-9,11H2,1-2H3. The van der Waals surface area contributed by atoms with Gasteiger partial charge in [0.2, 0.25) is 0 Å². The fourth-order valence-electron chi connectivity index (χ4n) is 2.89. The largest absolute Gasteiger partial charge is 0.369 e. The lowest BCUT2D eigenvalue weighted by Crippen LogP contribution is -2.37. The molecule has 19 heavy (non-hydrogen) atoms.